The Balaban J connectivity index is 2.43. The van der Waals surface area contributed by atoms with E-state index in [1.165, 1.54) is 5.56 Å². The summed E-state index contributed by atoms with van der Waals surface area (Å²) in [5, 5.41) is 5.90. The van der Waals surface area contributed by atoms with E-state index in [-0.39, 0.29) is 11.9 Å². The van der Waals surface area contributed by atoms with Crippen LogP contribution in [-0.4, -0.2) is 18.5 Å². The van der Waals surface area contributed by atoms with Crippen molar-refractivity contribution in [3.63, 3.8) is 0 Å². The molecule has 1 rings (SSSR count). The minimum atomic E-state index is -0.246. The number of aryl methyl sites for hydroxylation is 1. The standard InChI is InChI=1S/C14H18N2O/c1-4-5-10-15-12(3)14(17)16-13-8-6-11(2)7-9-13/h1,6-9,12,15H,5,10H2,2-3H3,(H,16,17). The van der Waals surface area contributed by atoms with Gasteiger partial charge in [-0.05, 0) is 26.0 Å². The molecule has 0 aliphatic heterocycles. The van der Waals surface area contributed by atoms with Crippen molar-refractivity contribution >= 4 is 11.6 Å². The van der Waals surface area contributed by atoms with E-state index in [1.807, 2.05) is 38.1 Å². The van der Waals surface area contributed by atoms with Crippen LogP contribution < -0.4 is 10.6 Å². The van der Waals surface area contributed by atoms with Crippen LogP contribution in [-0.2, 0) is 4.79 Å². The largest absolute Gasteiger partial charge is 0.325 e. The van der Waals surface area contributed by atoms with Gasteiger partial charge in [-0.15, -0.1) is 12.3 Å². The van der Waals surface area contributed by atoms with Crippen LogP contribution in [0.4, 0.5) is 5.69 Å². The molecule has 0 fully saturated rings. The zero-order valence-corrected chi connectivity index (χ0v) is 10.3. The van der Waals surface area contributed by atoms with Crippen molar-refractivity contribution in [1.29, 1.82) is 0 Å². The maximum absolute atomic E-state index is 11.8. The third-order valence-corrected chi connectivity index (χ3v) is 2.43. The Labute approximate surface area is 103 Å². The normalized spacial score (nSPS) is 11.6. The highest BCUT2D eigenvalue weighted by Crippen LogP contribution is 2.08. The molecular weight excluding hydrogens is 212 g/mol. The van der Waals surface area contributed by atoms with E-state index < -0.39 is 0 Å². The molecule has 1 unspecified atom stereocenters. The van der Waals surface area contributed by atoms with Gasteiger partial charge in [0.15, 0.2) is 0 Å². The molecule has 0 aromatic heterocycles. The van der Waals surface area contributed by atoms with Crippen LogP contribution >= 0.6 is 0 Å². The molecule has 2 N–H and O–H groups in total. The summed E-state index contributed by atoms with van der Waals surface area (Å²) >= 11 is 0. The van der Waals surface area contributed by atoms with Gasteiger partial charge in [0.05, 0.1) is 6.04 Å². The second-order valence-electron chi connectivity index (χ2n) is 3.99. The van der Waals surface area contributed by atoms with E-state index in [0.29, 0.717) is 13.0 Å². The number of amides is 1. The summed E-state index contributed by atoms with van der Waals surface area (Å²) in [5.41, 5.74) is 1.98. The van der Waals surface area contributed by atoms with E-state index in [4.69, 9.17) is 6.42 Å². The molecule has 3 heteroatoms. The Bertz CT molecular complexity index is 403. The molecular formula is C14H18N2O. The fraction of sp³-hybridized carbons (Fsp3) is 0.357. The molecule has 0 saturated heterocycles. The van der Waals surface area contributed by atoms with E-state index >= 15 is 0 Å². The topological polar surface area (TPSA) is 41.1 Å². The average Bonchev–Trinajstić information content (AvgIpc) is 2.32. The van der Waals surface area contributed by atoms with Gasteiger partial charge in [0.25, 0.3) is 0 Å². The first-order valence-corrected chi connectivity index (χ1v) is 5.68. The molecule has 17 heavy (non-hydrogen) atoms. The number of rotatable bonds is 5. The Morgan fingerprint density at radius 1 is 1.41 bits per heavy atom. The van der Waals surface area contributed by atoms with Crippen LogP contribution in [0, 0.1) is 19.3 Å². The summed E-state index contributed by atoms with van der Waals surface area (Å²) in [7, 11) is 0. The summed E-state index contributed by atoms with van der Waals surface area (Å²) in [6.45, 7) is 4.48. The maximum atomic E-state index is 11.8. The molecule has 1 atom stereocenters. The first-order chi connectivity index (χ1) is 8.13. The van der Waals surface area contributed by atoms with Gasteiger partial charge in [-0.25, -0.2) is 0 Å². The quantitative estimate of drug-likeness (QED) is 0.599. The fourth-order valence-corrected chi connectivity index (χ4v) is 1.34. The van der Waals surface area contributed by atoms with Gasteiger partial charge in [0.1, 0.15) is 0 Å². The fourth-order valence-electron chi connectivity index (χ4n) is 1.34. The molecule has 90 valence electrons. The molecule has 0 aliphatic carbocycles. The van der Waals surface area contributed by atoms with Crippen molar-refractivity contribution in [2.75, 3.05) is 11.9 Å². The van der Waals surface area contributed by atoms with Gasteiger partial charge in [0, 0.05) is 18.7 Å². The van der Waals surface area contributed by atoms with E-state index in [0.717, 1.165) is 5.69 Å². The predicted octanol–water partition coefficient (Wildman–Crippen LogP) is 1.93. The van der Waals surface area contributed by atoms with Crippen LogP contribution in [0.3, 0.4) is 0 Å². The number of anilines is 1. The van der Waals surface area contributed by atoms with Crippen LogP contribution in [0.2, 0.25) is 0 Å². The number of nitrogens with one attached hydrogen (secondary N) is 2. The molecule has 1 aromatic carbocycles. The summed E-state index contributed by atoms with van der Waals surface area (Å²) in [5.74, 6) is 2.47. The molecule has 0 aliphatic rings. The number of carbonyl (C=O) groups is 1. The van der Waals surface area contributed by atoms with E-state index in [1.54, 1.807) is 0 Å². The lowest BCUT2D eigenvalue weighted by molar-refractivity contribution is -0.117. The van der Waals surface area contributed by atoms with Crippen LogP contribution in [0.15, 0.2) is 24.3 Å². The van der Waals surface area contributed by atoms with Gasteiger partial charge < -0.3 is 10.6 Å². The summed E-state index contributed by atoms with van der Waals surface area (Å²) < 4.78 is 0. The number of hydrogen-bond acceptors (Lipinski definition) is 2. The Morgan fingerprint density at radius 2 is 2.06 bits per heavy atom. The summed E-state index contributed by atoms with van der Waals surface area (Å²) in [6, 6.07) is 7.46. The van der Waals surface area contributed by atoms with Gasteiger partial charge in [0.2, 0.25) is 5.91 Å². The second kappa shape index (κ2) is 6.72. The minimum absolute atomic E-state index is 0.0501. The van der Waals surface area contributed by atoms with Crippen LogP contribution in [0.1, 0.15) is 18.9 Å². The number of benzene rings is 1. The van der Waals surface area contributed by atoms with Gasteiger partial charge in [-0.1, -0.05) is 17.7 Å². The lowest BCUT2D eigenvalue weighted by Gasteiger charge is -2.13. The molecule has 0 radical (unpaired) electrons. The third-order valence-electron chi connectivity index (χ3n) is 2.43. The van der Waals surface area contributed by atoms with Crippen molar-refractivity contribution in [3.8, 4) is 12.3 Å². The molecule has 0 spiro atoms. The van der Waals surface area contributed by atoms with Crippen LogP contribution in [0.25, 0.3) is 0 Å². The Kier molecular flexibility index (Phi) is 5.25. The van der Waals surface area contributed by atoms with Crippen LogP contribution in [0.5, 0.6) is 0 Å². The van der Waals surface area contributed by atoms with Crippen molar-refractivity contribution < 1.29 is 4.79 Å². The molecule has 1 aromatic rings. The third kappa shape index (κ3) is 4.71. The predicted molar refractivity (Wildman–Crippen MR) is 70.7 cm³/mol. The molecule has 0 heterocycles. The summed E-state index contributed by atoms with van der Waals surface area (Å²) in [6.07, 6.45) is 5.77. The van der Waals surface area contributed by atoms with E-state index in [9.17, 15) is 4.79 Å². The SMILES string of the molecule is C#CCCNC(C)C(=O)Nc1ccc(C)cc1. The monoisotopic (exact) mass is 230 g/mol. The minimum Gasteiger partial charge on any atom is -0.325 e. The van der Waals surface area contributed by atoms with Crippen molar-refractivity contribution in [3.05, 3.63) is 29.8 Å². The molecule has 0 saturated carbocycles. The Morgan fingerprint density at radius 3 is 2.65 bits per heavy atom. The van der Waals surface area contributed by atoms with Gasteiger partial charge >= 0.3 is 0 Å². The van der Waals surface area contributed by atoms with Crippen molar-refractivity contribution in [2.24, 2.45) is 0 Å². The average molecular weight is 230 g/mol. The molecule has 1 amide bonds. The lowest BCUT2D eigenvalue weighted by Crippen LogP contribution is -2.38. The number of terminal acetylenes is 1. The summed E-state index contributed by atoms with van der Waals surface area (Å²) in [4.78, 5) is 11.8. The first kappa shape index (κ1) is 13.3. The second-order valence-corrected chi connectivity index (χ2v) is 3.99. The maximum Gasteiger partial charge on any atom is 0.241 e. The van der Waals surface area contributed by atoms with Crippen molar-refractivity contribution in [1.82, 2.24) is 5.32 Å². The van der Waals surface area contributed by atoms with Crippen molar-refractivity contribution in [2.45, 2.75) is 26.3 Å². The van der Waals surface area contributed by atoms with E-state index in [2.05, 4.69) is 16.6 Å². The number of carbonyl (C=O) groups excluding carboxylic acids is 1. The smallest absolute Gasteiger partial charge is 0.241 e. The Hall–Kier alpha value is -1.79. The van der Waals surface area contributed by atoms with Gasteiger partial charge in [-0.3, -0.25) is 4.79 Å². The highest BCUT2D eigenvalue weighted by atomic mass is 16.2. The lowest BCUT2D eigenvalue weighted by atomic mass is 10.2. The zero-order chi connectivity index (χ0) is 12.7. The molecule has 3 nitrogen and oxygen atoms in total. The zero-order valence-electron chi connectivity index (χ0n) is 10.3. The molecule has 0 bridgehead atoms. The number of hydrogen-bond donors (Lipinski definition) is 2. The highest BCUT2D eigenvalue weighted by molar-refractivity contribution is 5.94. The van der Waals surface area contributed by atoms with Gasteiger partial charge in [-0.2, -0.15) is 0 Å². The first-order valence-electron chi connectivity index (χ1n) is 5.68. The highest BCUT2D eigenvalue weighted by Gasteiger charge is 2.11.